The molecule has 5 nitrogen and oxygen atoms in total. The molecule has 0 atom stereocenters. The number of aromatic nitrogens is 3. The van der Waals surface area contributed by atoms with E-state index in [4.69, 9.17) is 0 Å². The number of pyridine rings is 1. The number of fused-ring (bicyclic) bond motifs is 1. The van der Waals surface area contributed by atoms with Gasteiger partial charge in [-0.15, -0.1) is 0 Å². The fourth-order valence-electron chi connectivity index (χ4n) is 3.21. The van der Waals surface area contributed by atoms with Gasteiger partial charge in [-0.2, -0.15) is 0 Å². The van der Waals surface area contributed by atoms with Crippen molar-refractivity contribution in [2.75, 3.05) is 0 Å². The van der Waals surface area contributed by atoms with E-state index in [1.165, 1.54) is 42.9 Å². The molecular formula is C21H15F2N3O2. The van der Waals surface area contributed by atoms with Gasteiger partial charge >= 0.3 is 5.69 Å². The van der Waals surface area contributed by atoms with E-state index >= 15 is 0 Å². The second-order valence-electron chi connectivity index (χ2n) is 6.48. The monoisotopic (exact) mass is 379 g/mol. The van der Waals surface area contributed by atoms with Gasteiger partial charge in [0.25, 0.3) is 5.56 Å². The van der Waals surface area contributed by atoms with Crippen molar-refractivity contribution in [3.63, 3.8) is 0 Å². The molecule has 0 saturated carbocycles. The number of aryl methyl sites for hydroxylation is 1. The smallest absolute Gasteiger partial charge is 0.280 e. The molecule has 4 rings (SSSR count). The Morgan fingerprint density at radius 2 is 1.54 bits per heavy atom. The molecule has 28 heavy (non-hydrogen) atoms. The van der Waals surface area contributed by atoms with Crippen LogP contribution in [0.15, 0.2) is 64.2 Å². The Morgan fingerprint density at radius 3 is 2.21 bits per heavy atom. The molecule has 4 aromatic rings. The molecular weight excluding hydrogens is 364 g/mol. The Morgan fingerprint density at radius 1 is 0.821 bits per heavy atom. The van der Waals surface area contributed by atoms with Gasteiger partial charge in [0.05, 0.1) is 11.1 Å². The number of benzene rings is 2. The van der Waals surface area contributed by atoms with Gasteiger partial charge in [0.15, 0.2) is 5.65 Å². The topological polar surface area (TPSA) is 56.9 Å². The molecule has 0 bridgehead atoms. The zero-order chi connectivity index (χ0) is 20.0. The Kier molecular flexibility index (Phi) is 4.15. The van der Waals surface area contributed by atoms with Gasteiger partial charge in [-0.1, -0.05) is 24.3 Å². The summed E-state index contributed by atoms with van der Waals surface area (Å²) in [4.78, 5) is 29.7. The highest BCUT2D eigenvalue weighted by Crippen LogP contribution is 2.30. The molecule has 2 aromatic carbocycles. The van der Waals surface area contributed by atoms with Crippen LogP contribution in [0, 0.1) is 11.6 Å². The Balaban J connectivity index is 2.17. The minimum atomic E-state index is -0.522. The van der Waals surface area contributed by atoms with Crippen molar-refractivity contribution in [3.8, 4) is 22.4 Å². The minimum Gasteiger partial charge on any atom is -0.280 e. The molecule has 140 valence electrons. The zero-order valence-corrected chi connectivity index (χ0v) is 15.1. The molecule has 0 amide bonds. The van der Waals surface area contributed by atoms with Crippen LogP contribution in [0.5, 0.6) is 0 Å². The van der Waals surface area contributed by atoms with Gasteiger partial charge < -0.3 is 0 Å². The SMILES string of the molecule is Cn1c(=O)c2c(-c3ccc(F)cc3)cc(-c3cccc(F)c3)nc2n(C)c1=O. The molecule has 0 spiro atoms. The largest absolute Gasteiger partial charge is 0.332 e. The van der Waals surface area contributed by atoms with E-state index in [9.17, 15) is 18.4 Å². The number of rotatable bonds is 2. The highest BCUT2D eigenvalue weighted by Gasteiger charge is 2.17. The Labute approximate surface area is 158 Å². The van der Waals surface area contributed by atoms with Crippen LogP contribution in [0.1, 0.15) is 0 Å². The lowest BCUT2D eigenvalue weighted by Crippen LogP contribution is -2.37. The van der Waals surface area contributed by atoms with Crippen LogP contribution in [-0.4, -0.2) is 14.1 Å². The Hall–Kier alpha value is -3.61. The molecule has 0 radical (unpaired) electrons. The summed E-state index contributed by atoms with van der Waals surface area (Å²) in [5, 5.41) is 0.233. The van der Waals surface area contributed by atoms with Crippen molar-refractivity contribution < 1.29 is 8.78 Å². The zero-order valence-electron chi connectivity index (χ0n) is 15.1. The van der Waals surface area contributed by atoms with Gasteiger partial charge in [0, 0.05) is 25.2 Å². The lowest BCUT2D eigenvalue weighted by Gasteiger charge is -2.13. The second kappa shape index (κ2) is 6.53. The quantitative estimate of drug-likeness (QED) is 0.537. The first kappa shape index (κ1) is 17.8. The summed E-state index contributed by atoms with van der Waals surface area (Å²) in [5.41, 5.74) is 1.12. The van der Waals surface area contributed by atoms with Crippen molar-refractivity contribution in [1.82, 2.24) is 14.1 Å². The molecule has 0 aliphatic rings. The number of hydrogen-bond acceptors (Lipinski definition) is 3. The van der Waals surface area contributed by atoms with E-state index in [2.05, 4.69) is 4.98 Å². The van der Waals surface area contributed by atoms with E-state index in [0.717, 1.165) is 4.57 Å². The van der Waals surface area contributed by atoms with Crippen LogP contribution in [0.2, 0.25) is 0 Å². The van der Waals surface area contributed by atoms with Crippen LogP contribution in [0.4, 0.5) is 8.78 Å². The van der Waals surface area contributed by atoms with Crippen molar-refractivity contribution >= 4 is 11.0 Å². The van der Waals surface area contributed by atoms with Gasteiger partial charge in [0.1, 0.15) is 11.6 Å². The fourth-order valence-corrected chi connectivity index (χ4v) is 3.21. The third-order valence-electron chi connectivity index (χ3n) is 4.69. The standard InChI is InChI=1S/C21H15F2N3O2/c1-25-19-18(20(27)26(2)21(25)28)16(12-6-8-14(22)9-7-12)11-17(24-19)13-4-3-5-15(23)10-13/h3-11H,1-2H3. The maximum Gasteiger partial charge on any atom is 0.332 e. The van der Waals surface area contributed by atoms with E-state index in [0.29, 0.717) is 22.4 Å². The minimum absolute atomic E-state index is 0.175. The van der Waals surface area contributed by atoms with Crippen LogP contribution in [0.3, 0.4) is 0 Å². The van der Waals surface area contributed by atoms with E-state index in [-0.39, 0.29) is 11.0 Å². The predicted molar refractivity (Wildman–Crippen MR) is 103 cm³/mol. The number of nitrogens with zero attached hydrogens (tertiary/aromatic N) is 3. The van der Waals surface area contributed by atoms with Crippen LogP contribution >= 0.6 is 0 Å². The summed E-state index contributed by atoms with van der Waals surface area (Å²) < 4.78 is 29.4. The van der Waals surface area contributed by atoms with E-state index < -0.39 is 22.9 Å². The summed E-state index contributed by atoms with van der Waals surface area (Å²) in [6.45, 7) is 0. The third kappa shape index (κ3) is 2.81. The van der Waals surface area contributed by atoms with Crippen LogP contribution in [-0.2, 0) is 14.1 Å². The molecule has 0 N–H and O–H groups in total. The number of hydrogen-bond donors (Lipinski definition) is 0. The normalized spacial score (nSPS) is 11.1. The second-order valence-corrected chi connectivity index (χ2v) is 6.48. The fraction of sp³-hybridized carbons (Fsp3) is 0.0952. The molecule has 0 aliphatic heterocycles. The van der Waals surface area contributed by atoms with E-state index in [1.807, 2.05) is 0 Å². The molecule has 0 aliphatic carbocycles. The van der Waals surface area contributed by atoms with Crippen LogP contribution in [0.25, 0.3) is 33.4 Å². The van der Waals surface area contributed by atoms with Gasteiger partial charge in [-0.3, -0.25) is 13.9 Å². The maximum absolute atomic E-state index is 13.7. The highest BCUT2D eigenvalue weighted by atomic mass is 19.1. The van der Waals surface area contributed by atoms with Crippen molar-refractivity contribution in [2.45, 2.75) is 0 Å². The van der Waals surface area contributed by atoms with Crippen LogP contribution < -0.4 is 11.2 Å². The van der Waals surface area contributed by atoms with Gasteiger partial charge in [-0.05, 0) is 35.9 Å². The van der Waals surface area contributed by atoms with Crippen molar-refractivity contribution in [3.05, 3.63) is 87.1 Å². The van der Waals surface area contributed by atoms with Crippen molar-refractivity contribution in [2.24, 2.45) is 14.1 Å². The summed E-state index contributed by atoms with van der Waals surface area (Å²) in [5.74, 6) is -0.839. The third-order valence-corrected chi connectivity index (χ3v) is 4.69. The lowest BCUT2D eigenvalue weighted by atomic mass is 10.00. The maximum atomic E-state index is 13.7. The summed E-state index contributed by atoms with van der Waals surface area (Å²) in [7, 11) is 2.90. The molecule has 7 heteroatoms. The van der Waals surface area contributed by atoms with Crippen molar-refractivity contribution in [1.29, 1.82) is 0 Å². The lowest BCUT2D eigenvalue weighted by molar-refractivity contribution is 0.627. The highest BCUT2D eigenvalue weighted by molar-refractivity contribution is 5.94. The molecule has 0 saturated heterocycles. The average Bonchev–Trinajstić information content (AvgIpc) is 2.70. The molecule has 0 fully saturated rings. The average molecular weight is 379 g/mol. The first-order chi connectivity index (χ1) is 13.4. The summed E-state index contributed by atoms with van der Waals surface area (Å²) in [6.07, 6.45) is 0. The van der Waals surface area contributed by atoms with Gasteiger partial charge in [-0.25, -0.2) is 18.6 Å². The van der Waals surface area contributed by atoms with Gasteiger partial charge in [0.2, 0.25) is 0 Å². The summed E-state index contributed by atoms with van der Waals surface area (Å²) in [6, 6.07) is 13.2. The predicted octanol–water partition coefficient (Wildman–Crippen LogP) is 3.24. The van der Waals surface area contributed by atoms with E-state index in [1.54, 1.807) is 30.3 Å². The number of halogens is 2. The first-order valence-electron chi connectivity index (χ1n) is 8.49. The molecule has 0 unspecified atom stereocenters. The molecule has 2 aromatic heterocycles. The molecule has 2 heterocycles. The first-order valence-corrected chi connectivity index (χ1v) is 8.49. The Bertz CT molecular complexity index is 1340. The summed E-state index contributed by atoms with van der Waals surface area (Å²) >= 11 is 0.